The number of aromatic nitrogens is 2. The number of anilines is 1. The third-order valence-electron chi connectivity index (χ3n) is 3.25. The van der Waals surface area contributed by atoms with E-state index in [1.165, 1.54) is 11.8 Å². The van der Waals surface area contributed by atoms with E-state index in [9.17, 15) is 4.79 Å². The van der Waals surface area contributed by atoms with E-state index in [0.717, 1.165) is 22.5 Å². The number of carbonyl (C=O) groups excluding carboxylic acids is 1. The van der Waals surface area contributed by atoms with Crippen LogP contribution in [0.3, 0.4) is 0 Å². The second kappa shape index (κ2) is 6.72. The Balaban J connectivity index is 2.30. The van der Waals surface area contributed by atoms with Crippen LogP contribution in [0.25, 0.3) is 0 Å². The van der Waals surface area contributed by atoms with Crippen molar-refractivity contribution >= 4 is 23.4 Å². The number of nitrogens with zero attached hydrogens (tertiary/aromatic N) is 2. The first-order valence-corrected chi connectivity index (χ1v) is 8.06. The van der Waals surface area contributed by atoms with Crippen molar-refractivity contribution in [2.24, 2.45) is 0 Å². The summed E-state index contributed by atoms with van der Waals surface area (Å²) in [4.78, 5) is 21.1. The van der Waals surface area contributed by atoms with Gasteiger partial charge in [0.05, 0.1) is 11.3 Å². The van der Waals surface area contributed by atoms with Crippen LogP contribution in [0.4, 0.5) is 5.69 Å². The van der Waals surface area contributed by atoms with Gasteiger partial charge in [-0.2, -0.15) is 0 Å². The van der Waals surface area contributed by atoms with Gasteiger partial charge < -0.3 is 5.32 Å². The Kier molecular flexibility index (Phi) is 4.96. The lowest BCUT2D eigenvalue weighted by molar-refractivity contribution is 0.102. The lowest BCUT2D eigenvalue weighted by Gasteiger charge is -2.11. The highest BCUT2D eigenvalue weighted by atomic mass is 32.2. The summed E-state index contributed by atoms with van der Waals surface area (Å²) in [6.45, 7) is 5.97. The number of rotatable bonds is 4. The second-order valence-electron chi connectivity index (χ2n) is 4.84. The van der Waals surface area contributed by atoms with Crippen molar-refractivity contribution in [3.63, 3.8) is 0 Å². The van der Waals surface area contributed by atoms with Crippen molar-refractivity contribution in [1.82, 2.24) is 9.97 Å². The molecule has 1 aromatic carbocycles. The molecular weight excluding hydrogens is 282 g/mol. The summed E-state index contributed by atoms with van der Waals surface area (Å²) in [5.41, 5.74) is 4.29. The van der Waals surface area contributed by atoms with Gasteiger partial charge in [-0.1, -0.05) is 30.8 Å². The van der Waals surface area contributed by atoms with Crippen LogP contribution in [0.2, 0.25) is 0 Å². The van der Waals surface area contributed by atoms with Gasteiger partial charge in [0.1, 0.15) is 0 Å². The Labute approximate surface area is 129 Å². The van der Waals surface area contributed by atoms with Crippen molar-refractivity contribution in [1.29, 1.82) is 0 Å². The van der Waals surface area contributed by atoms with Gasteiger partial charge in [-0.25, -0.2) is 9.97 Å². The molecular formula is C16H19N3OS. The monoisotopic (exact) mass is 301 g/mol. The molecule has 4 nitrogen and oxygen atoms in total. The fourth-order valence-corrected chi connectivity index (χ4v) is 2.38. The SMILES string of the molecule is CCc1nc(SC)ncc1C(=O)Nc1cc(C)ccc1C. The highest BCUT2D eigenvalue weighted by Crippen LogP contribution is 2.19. The van der Waals surface area contributed by atoms with Gasteiger partial charge in [0.2, 0.25) is 0 Å². The lowest BCUT2D eigenvalue weighted by atomic mass is 10.1. The summed E-state index contributed by atoms with van der Waals surface area (Å²) >= 11 is 1.47. The van der Waals surface area contributed by atoms with Crippen LogP contribution in [-0.2, 0) is 6.42 Å². The van der Waals surface area contributed by atoms with Crippen molar-refractivity contribution in [2.45, 2.75) is 32.3 Å². The second-order valence-corrected chi connectivity index (χ2v) is 5.62. The first-order chi connectivity index (χ1) is 10.0. The number of carbonyl (C=O) groups is 1. The van der Waals surface area contributed by atoms with Crippen molar-refractivity contribution in [3.8, 4) is 0 Å². The third kappa shape index (κ3) is 3.61. The molecule has 2 aromatic rings. The van der Waals surface area contributed by atoms with Crippen LogP contribution >= 0.6 is 11.8 Å². The molecule has 0 atom stereocenters. The largest absolute Gasteiger partial charge is 0.322 e. The van der Waals surface area contributed by atoms with E-state index < -0.39 is 0 Å². The van der Waals surface area contributed by atoms with Crippen LogP contribution in [0.15, 0.2) is 29.6 Å². The molecule has 21 heavy (non-hydrogen) atoms. The summed E-state index contributed by atoms with van der Waals surface area (Å²) in [5.74, 6) is -0.159. The summed E-state index contributed by atoms with van der Waals surface area (Å²) in [5, 5.41) is 3.64. The quantitative estimate of drug-likeness (QED) is 0.692. The van der Waals surface area contributed by atoms with Crippen LogP contribution in [0, 0.1) is 13.8 Å². The standard InChI is InChI=1S/C16H19N3OS/c1-5-13-12(9-17-16(19-13)21-4)15(20)18-14-8-10(2)6-7-11(14)3/h6-9H,5H2,1-4H3,(H,18,20). The predicted octanol–water partition coefficient (Wildman–Crippen LogP) is 3.63. The third-order valence-corrected chi connectivity index (χ3v) is 3.81. The molecule has 1 amide bonds. The molecule has 0 fully saturated rings. The van der Waals surface area contributed by atoms with Crippen LogP contribution in [-0.4, -0.2) is 22.1 Å². The number of hydrogen-bond acceptors (Lipinski definition) is 4. The minimum atomic E-state index is -0.159. The average molecular weight is 301 g/mol. The fraction of sp³-hybridized carbons (Fsp3) is 0.312. The molecule has 110 valence electrons. The summed E-state index contributed by atoms with van der Waals surface area (Å²) < 4.78 is 0. The van der Waals surface area contributed by atoms with E-state index in [1.807, 2.05) is 45.2 Å². The Morgan fingerprint density at radius 3 is 2.76 bits per heavy atom. The minimum Gasteiger partial charge on any atom is -0.322 e. The topological polar surface area (TPSA) is 54.9 Å². The number of benzene rings is 1. The van der Waals surface area contributed by atoms with E-state index in [2.05, 4.69) is 15.3 Å². The normalized spacial score (nSPS) is 10.5. The van der Waals surface area contributed by atoms with Gasteiger partial charge in [-0.3, -0.25) is 4.79 Å². The van der Waals surface area contributed by atoms with E-state index in [-0.39, 0.29) is 5.91 Å². The highest BCUT2D eigenvalue weighted by molar-refractivity contribution is 7.98. The molecule has 1 aromatic heterocycles. The molecule has 0 saturated carbocycles. The van der Waals surface area contributed by atoms with Gasteiger partial charge in [-0.05, 0) is 43.7 Å². The maximum absolute atomic E-state index is 12.5. The van der Waals surface area contributed by atoms with Gasteiger partial charge in [-0.15, -0.1) is 0 Å². The molecule has 0 spiro atoms. The smallest absolute Gasteiger partial charge is 0.259 e. The molecule has 0 saturated heterocycles. The molecule has 2 rings (SSSR count). The molecule has 1 heterocycles. The molecule has 1 N–H and O–H groups in total. The summed E-state index contributed by atoms with van der Waals surface area (Å²) in [7, 11) is 0. The molecule has 0 bridgehead atoms. The van der Waals surface area contributed by atoms with E-state index >= 15 is 0 Å². The Morgan fingerprint density at radius 2 is 2.10 bits per heavy atom. The summed E-state index contributed by atoms with van der Waals surface area (Å²) in [6, 6.07) is 5.99. The lowest BCUT2D eigenvalue weighted by Crippen LogP contribution is -2.16. The maximum atomic E-state index is 12.5. The number of nitrogens with one attached hydrogen (secondary N) is 1. The zero-order valence-electron chi connectivity index (χ0n) is 12.7. The minimum absolute atomic E-state index is 0.159. The van der Waals surface area contributed by atoms with Crippen molar-refractivity contribution in [2.75, 3.05) is 11.6 Å². The Bertz CT molecular complexity index is 671. The van der Waals surface area contributed by atoms with Crippen LogP contribution in [0.1, 0.15) is 34.1 Å². The van der Waals surface area contributed by atoms with E-state index in [1.54, 1.807) is 6.20 Å². The van der Waals surface area contributed by atoms with Gasteiger partial charge in [0.25, 0.3) is 5.91 Å². The van der Waals surface area contributed by atoms with Crippen molar-refractivity contribution in [3.05, 3.63) is 46.8 Å². The average Bonchev–Trinajstić information content (AvgIpc) is 2.50. The van der Waals surface area contributed by atoms with Crippen LogP contribution in [0.5, 0.6) is 0 Å². The van der Waals surface area contributed by atoms with Gasteiger partial charge in [0.15, 0.2) is 5.16 Å². The van der Waals surface area contributed by atoms with Crippen LogP contribution < -0.4 is 5.32 Å². The number of amides is 1. The number of thioether (sulfide) groups is 1. The molecule has 0 aliphatic carbocycles. The molecule has 0 aliphatic heterocycles. The van der Waals surface area contributed by atoms with E-state index in [4.69, 9.17) is 0 Å². The maximum Gasteiger partial charge on any atom is 0.259 e. The predicted molar refractivity (Wildman–Crippen MR) is 87.1 cm³/mol. The van der Waals surface area contributed by atoms with E-state index in [0.29, 0.717) is 17.1 Å². The fourth-order valence-electron chi connectivity index (χ4n) is 2.02. The summed E-state index contributed by atoms with van der Waals surface area (Å²) in [6.07, 6.45) is 4.23. The zero-order chi connectivity index (χ0) is 15.4. The number of hydrogen-bond donors (Lipinski definition) is 1. The number of aryl methyl sites for hydroxylation is 3. The Morgan fingerprint density at radius 1 is 1.33 bits per heavy atom. The van der Waals surface area contributed by atoms with Gasteiger partial charge in [0, 0.05) is 11.9 Å². The molecule has 5 heteroatoms. The Hall–Kier alpha value is -1.88. The van der Waals surface area contributed by atoms with Crippen molar-refractivity contribution < 1.29 is 4.79 Å². The zero-order valence-corrected chi connectivity index (χ0v) is 13.5. The van der Waals surface area contributed by atoms with Gasteiger partial charge >= 0.3 is 0 Å². The first kappa shape index (κ1) is 15.5. The highest BCUT2D eigenvalue weighted by Gasteiger charge is 2.14. The molecule has 0 radical (unpaired) electrons. The molecule has 0 aliphatic rings. The molecule has 0 unspecified atom stereocenters. The first-order valence-electron chi connectivity index (χ1n) is 6.83.